The number of carbonyl (C=O) groups excluding carboxylic acids is 1. The first-order chi connectivity index (χ1) is 13.6. The van der Waals surface area contributed by atoms with Crippen molar-refractivity contribution in [2.45, 2.75) is 32.6 Å². The first kappa shape index (κ1) is 18.4. The zero-order chi connectivity index (χ0) is 19.7. The fourth-order valence-corrected chi connectivity index (χ4v) is 3.54. The van der Waals surface area contributed by atoms with Gasteiger partial charge in [-0.3, -0.25) is 4.79 Å². The molecular weight excluding hydrogens is 378 g/mol. The molecule has 3 aromatic rings. The molecule has 1 aromatic carbocycles. The van der Waals surface area contributed by atoms with E-state index in [9.17, 15) is 4.79 Å². The van der Waals surface area contributed by atoms with Crippen LogP contribution in [0.1, 0.15) is 42.5 Å². The molecule has 0 spiro atoms. The van der Waals surface area contributed by atoms with Gasteiger partial charge in [0.25, 0.3) is 0 Å². The Morgan fingerprint density at radius 3 is 2.68 bits per heavy atom. The van der Waals surface area contributed by atoms with E-state index in [1.54, 1.807) is 16.8 Å². The van der Waals surface area contributed by atoms with Crippen LogP contribution >= 0.6 is 11.6 Å². The molecule has 144 valence electrons. The van der Waals surface area contributed by atoms with Crippen molar-refractivity contribution < 1.29 is 9.53 Å². The van der Waals surface area contributed by atoms with Gasteiger partial charge in [0.05, 0.1) is 12.3 Å². The minimum atomic E-state index is -0.0852. The lowest BCUT2D eigenvalue weighted by molar-refractivity contribution is -0.116. The number of benzene rings is 1. The highest BCUT2D eigenvalue weighted by Crippen LogP contribution is 2.40. The Balaban J connectivity index is 1.73. The number of aryl methyl sites for hydroxylation is 1. The number of anilines is 1. The van der Waals surface area contributed by atoms with Crippen LogP contribution in [0.15, 0.2) is 36.4 Å². The van der Waals surface area contributed by atoms with Gasteiger partial charge in [-0.05, 0) is 43.2 Å². The number of nitrogens with zero attached hydrogens (tertiary/aromatic N) is 4. The van der Waals surface area contributed by atoms with Crippen LogP contribution in [0.25, 0.3) is 5.82 Å². The summed E-state index contributed by atoms with van der Waals surface area (Å²) in [5.74, 6) is 1.81. The quantitative estimate of drug-likeness (QED) is 0.706. The van der Waals surface area contributed by atoms with Crippen molar-refractivity contribution in [1.29, 1.82) is 0 Å². The first-order valence-electron chi connectivity index (χ1n) is 9.18. The van der Waals surface area contributed by atoms with E-state index in [0.717, 1.165) is 29.0 Å². The van der Waals surface area contributed by atoms with Crippen molar-refractivity contribution >= 4 is 23.3 Å². The van der Waals surface area contributed by atoms with E-state index in [1.807, 2.05) is 31.2 Å². The number of hydrogen-bond acceptors (Lipinski definition) is 5. The van der Waals surface area contributed by atoms with Crippen LogP contribution in [-0.2, 0) is 4.79 Å². The van der Waals surface area contributed by atoms with Crippen molar-refractivity contribution in [2.75, 3.05) is 11.9 Å². The molecular formula is C20H20ClN5O2. The highest BCUT2D eigenvalue weighted by molar-refractivity contribution is 6.29. The maximum absolute atomic E-state index is 12.4. The molecule has 0 bridgehead atoms. The number of amides is 1. The van der Waals surface area contributed by atoms with Crippen molar-refractivity contribution in [1.82, 2.24) is 20.0 Å². The maximum Gasteiger partial charge on any atom is 0.226 e. The summed E-state index contributed by atoms with van der Waals surface area (Å²) in [4.78, 5) is 12.4. The molecule has 3 heterocycles. The van der Waals surface area contributed by atoms with Crippen molar-refractivity contribution in [2.24, 2.45) is 0 Å². The summed E-state index contributed by atoms with van der Waals surface area (Å²) in [5, 5.41) is 15.8. The minimum absolute atomic E-state index is 0.0631. The van der Waals surface area contributed by atoms with E-state index in [-0.39, 0.29) is 11.8 Å². The number of ether oxygens (including phenoxy) is 1. The zero-order valence-corrected chi connectivity index (χ0v) is 16.4. The Bertz CT molecular complexity index is 999. The molecule has 4 rings (SSSR count). The molecule has 2 aromatic heterocycles. The summed E-state index contributed by atoms with van der Waals surface area (Å²) in [5.41, 5.74) is 2.87. The van der Waals surface area contributed by atoms with Crippen LogP contribution in [-0.4, -0.2) is 32.5 Å². The standard InChI is InChI=1S/C20H20ClN5O2/c1-3-10-28-14-6-4-13(5-7-14)15-11-18(27)22-20-19(15)12(2)25-26(20)17-9-8-16(21)23-24-17/h4-9,15H,3,10-11H2,1-2H3,(H,22,27). The lowest BCUT2D eigenvalue weighted by Gasteiger charge is -2.24. The summed E-state index contributed by atoms with van der Waals surface area (Å²) in [6.45, 7) is 4.69. The Labute approximate surface area is 167 Å². The predicted molar refractivity (Wildman–Crippen MR) is 106 cm³/mol. The third-order valence-electron chi connectivity index (χ3n) is 4.69. The molecule has 1 atom stereocenters. The Morgan fingerprint density at radius 2 is 2.00 bits per heavy atom. The van der Waals surface area contributed by atoms with Crippen molar-refractivity contribution in [3.63, 3.8) is 0 Å². The average Bonchev–Trinajstić information content (AvgIpc) is 3.03. The fraction of sp³-hybridized carbons (Fsp3) is 0.300. The Kier molecular flexibility index (Phi) is 5.00. The number of carbonyl (C=O) groups is 1. The third kappa shape index (κ3) is 3.45. The van der Waals surface area contributed by atoms with Gasteiger partial charge >= 0.3 is 0 Å². The first-order valence-corrected chi connectivity index (χ1v) is 9.56. The summed E-state index contributed by atoms with van der Waals surface area (Å²) < 4.78 is 7.27. The van der Waals surface area contributed by atoms with Gasteiger partial charge in [0.1, 0.15) is 11.6 Å². The smallest absolute Gasteiger partial charge is 0.226 e. The van der Waals surface area contributed by atoms with Gasteiger partial charge in [0.15, 0.2) is 11.0 Å². The third-order valence-corrected chi connectivity index (χ3v) is 4.89. The van der Waals surface area contributed by atoms with Crippen LogP contribution < -0.4 is 10.1 Å². The molecule has 8 heteroatoms. The Hall–Kier alpha value is -2.93. The summed E-state index contributed by atoms with van der Waals surface area (Å²) in [7, 11) is 0. The largest absolute Gasteiger partial charge is 0.494 e. The highest BCUT2D eigenvalue weighted by atomic mass is 35.5. The molecule has 1 aliphatic heterocycles. The van der Waals surface area contributed by atoms with Gasteiger partial charge in [-0.25, -0.2) is 0 Å². The monoisotopic (exact) mass is 397 g/mol. The molecule has 0 fully saturated rings. The SMILES string of the molecule is CCCOc1ccc(C2CC(=O)Nc3c2c(C)nn3-c2ccc(Cl)nn2)cc1. The summed E-state index contributed by atoms with van der Waals surface area (Å²) >= 11 is 5.84. The van der Waals surface area contributed by atoms with Gasteiger partial charge in [-0.15, -0.1) is 10.2 Å². The number of hydrogen-bond donors (Lipinski definition) is 1. The molecule has 0 saturated carbocycles. The van der Waals surface area contributed by atoms with Crippen molar-refractivity contribution in [3.05, 3.63) is 58.4 Å². The molecule has 0 aliphatic carbocycles. The van der Waals surface area contributed by atoms with Gasteiger partial charge in [0.2, 0.25) is 5.91 Å². The van der Waals surface area contributed by atoms with Gasteiger partial charge in [-0.1, -0.05) is 30.7 Å². The summed E-state index contributed by atoms with van der Waals surface area (Å²) in [6, 6.07) is 11.3. The van der Waals surface area contributed by atoms with E-state index in [0.29, 0.717) is 29.8 Å². The number of nitrogens with one attached hydrogen (secondary N) is 1. The molecule has 1 N–H and O–H groups in total. The van der Waals surface area contributed by atoms with E-state index in [2.05, 4.69) is 27.5 Å². The maximum atomic E-state index is 12.4. The van der Waals surface area contributed by atoms with E-state index < -0.39 is 0 Å². The van der Waals surface area contributed by atoms with Gasteiger partial charge in [-0.2, -0.15) is 9.78 Å². The molecule has 1 unspecified atom stereocenters. The predicted octanol–water partition coefficient (Wildman–Crippen LogP) is 3.89. The van der Waals surface area contributed by atoms with Crippen molar-refractivity contribution in [3.8, 4) is 11.6 Å². The molecule has 0 radical (unpaired) electrons. The molecule has 28 heavy (non-hydrogen) atoms. The normalized spacial score (nSPS) is 15.8. The molecule has 1 aliphatic rings. The van der Waals surface area contributed by atoms with Crippen LogP contribution in [0.3, 0.4) is 0 Å². The highest BCUT2D eigenvalue weighted by Gasteiger charge is 2.32. The number of rotatable bonds is 5. The number of fused-ring (bicyclic) bond motifs is 1. The molecule has 7 nitrogen and oxygen atoms in total. The van der Waals surface area contributed by atoms with Gasteiger partial charge < -0.3 is 10.1 Å². The van der Waals surface area contributed by atoms with Crippen LogP contribution in [0.5, 0.6) is 5.75 Å². The number of halogens is 1. The Morgan fingerprint density at radius 1 is 1.21 bits per heavy atom. The fourth-order valence-electron chi connectivity index (χ4n) is 3.44. The second-order valence-corrected chi connectivity index (χ2v) is 7.08. The van der Waals surface area contributed by atoms with E-state index in [1.165, 1.54) is 0 Å². The van der Waals surface area contributed by atoms with Crippen LogP contribution in [0.2, 0.25) is 5.15 Å². The zero-order valence-electron chi connectivity index (χ0n) is 15.6. The average molecular weight is 398 g/mol. The van der Waals surface area contributed by atoms with E-state index in [4.69, 9.17) is 16.3 Å². The lowest BCUT2D eigenvalue weighted by Crippen LogP contribution is -2.25. The minimum Gasteiger partial charge on any atom is -0.494 e. The second-order valence-electron chi connectivity index (χ2n) is 6.70. The number of aromatic nitrogens is 4. The van der Waals surface area contributed by atoms with Crippen LogP contribution in [0.4, 0.5) is 5.82 Å². The van der Waals surface area contributed by atoms with Gasteiger partial charge in [0, 0.05) is 17.9 Å². The van der Waals surface area contributed by atoms with Crippen LogP contribution in [0, 0.1) is 6.92 Å². The molecule has 1 amide bonds. The lowest BCUT2D eigenvalue weighted by atomic mass is 9.86. The second kappa shape index (κ2) is 7.59. The van der Waals surface area contributed by atoms with E-state index >= 15 is 0 Å². The molecule has 0 saturated heterocycles. The summed E-state index contributed by atoms with van der Waals surface area (Å²) in [6.07, 6.45) is 1.32. The topological polar surface area (TPSA) is 81.9 Å².